The minimum absolute atomic E-state index is 0.129. The van der Waals surface area contributed by atoms with Crippen molar-refractivity contribution in [2.24, 2.45) is 0 Å². The van der Waals surface area contributed by atoms with E-state index in [1.165, 1.54) is 18.2 Å². The van der Waals surface area contributed by atoms with E-state index < -0.39 is 5.82 Å². The van der Waals surface area contributed by atoms with Crippen molar-refractivity contribution in [1.29, 1.82) is 0 Å². The van der Waals surface area contributed by atoms with E-state index in [1.807, 2.05) is 0 Å². The molecule has 2 heterocycles. The summed E-state index contributed by atoms with van der Waals surface area (Å²) < 4.78 is 18.5. The van der Waals surface area contributed by atoms with Crippen molar-refractivity contribution >= 4 is 11.8 Å². The molecule has 0 bridgehead atoms. The minimum atomic E-state index is -0.409. The zero-order valence-electron chi connectivity index (χ0n) is 14.3. The van der Waals surface area contributed by atoms with Gasteiger partial charge in [-0.2, -0.15) is 0 Å². The van der Waals surface area contributed by atoms with E-state index in [0.29, 0.717) is 44.0 Å². The molecule has 0 N–H and O–H groups in total. The van der Waals surface area contributed by atoms with Crippen molar-refractivity contribution < 1.29 is 18.7 Å². The molecule has 0 saturated carbocycles. The molecule has 6 nitrogen and oxygen atoms in total. The molecule has 1 aliphatic heterocycles. The van der Waals surface area contributed by atoms with Crippen LogP contribution in [0.1, 0.15) is 16.9 Å². The number of carbonyl (C=O) groups is 2. The second-order valence-electron chi connectivity index (χ2n) is 5.99. The summed E-state index contributed by atoms with van der Waals surface area (Å²) in [5, 5.41) is 0. The van der Waals surface area contributed by atoms with Crippen LogP contribution in [0.2, 0.25) is 0 Å². The highest BCUT2D eigenvalue weighted by atomic mass is 19.1. The molecule has 1 aliphatic rings. The Balaban J connectivity index is 1.53. The molecule has 0 atom stereocenters. The van der Waals surface area contributed by atoms with Crippen molar-refractivity contribution in [3.63, 3.8) is 0 Å². The Kier molecular flexibility index (Phi) is 5.78. The Bertz CT molecular complexity index is 770. The third-order valence-corrected chi connectivity index (χ3v) is 4.18. The second-order valence-corrected chi connectivity index (χ2v) is 5.99. The number of amides is 2. The molecule has 1 aromatic carbocycles. The molecule has 1 saturated heterocycles. The van der Waals surface area contributed by atoms with Gasteiger partial charge >= 0.3 is 0 Å². The average Bonchev–Trinajstić information content (AvgIpc) is 2.92. The summed E-state index contributed by atoms with van der Waals surface area (Å²) in [4.78, 5) is 32.3. The third-order valence-electron chi connectivity index (χ3n) is 4.18. The van der Waals surface area contributed by atoms with Gasteiger partial charge in [0.05, 0.1) is 0 Å². The molecule has 0 spiro atoms. The van der Waals surface area contributed by atoms with Crippen molar-refractivity contribution in [3.05, 3.63) is 60.2 Å². The summed E-state index contributed by atoms with van der Waals surface area (Å²) in [6.07, 6.45) is 2.27. The molecule has 136 valence electrons. The lowest BCUT2D eigenvalue weighted by Gasteiger charge is -2.22. The highest BCUT2D eigenvalue weighted by molar-refractivity contribution is 5.92. The molecule has 26 heavy (non-hydrogen) atoms. The topological polar surface area (TPSA) is 62.7 Å². The fraction of sp³-hybridized carbons (Fsp3) is 0.316. The van der Waals surface area contributed by atoms with Crippen LogP contribution in [0, 0.1) is 5.82 Å². The van der Waals surface area contributed by atoms with Gasteiger partial charge in [0.1, 0.15) is 17.3 Å². The number of rotatable bonds is 4. The minimum Gasteiger partial charge on any atom is -0.484 e. The summed E-state index contributed by atoms with van der Waals surface area (Å²) in [5.41, 5.74) is 0.404. The quantitative estimate of drug-likeness (QED) is 0.839. The van der Waals surface area contributed by atoms with E-state index >= 15 is 0 Å². The number of hydrogen-bond donors (Lipinski definition) is 0. The maximum atomic E-state index is 13.1. The largest absolute Gasteiger partial charge is 0.484 e. The van der Waals surface area contributed by atoms with Gasteiger partial charge in [-0.3, -0.25) is 14.6 Å². The fourth-order valence-corrected chi connectivity index (χ4v) is 2.81. The van der Waals surface area contributed by atoms with Crippen LogP contribution in [0.15, 0.2) is 48.7 Å². The number of halogens is 1. The van der Waals surface area contributed by atoms with Crippen LogP contribution in [0.4, 0.5) is 4.39 Å². The Hall–Kier alpha value is -2.96. The summed E-state index contributed by atoms with van der Waals surface area (Å²) in [7, 11) is 0. The van der Waals surface area contributed by atoms with Gasteiger partial charge in [-0.1, -0.05) is 12.1 Å². The Morgan fingerprint density at radius 2 is 1.85 bits per heavy atom. The number of aromatic nitrogens is 1. The van der Waals surface area contributed by atoms with Gasteiger partial charge in [0.15, 0.2) is 6.61 Å². The molecule has 7 heteroatoms. The van der Waals surface area contributed by atoms with Gasteiger partial charge in [-0.15, -0.1) is 0 Å². The molecule has 0 aliphatic carbocycles. The summed E-state index contributed by atoms with van der Waals surface area (Å²) in [6, 6.07) is 10.9. The maximum absolute atomic E-state index is 13.1. The van der Waals surface area contributed by atoms with Gasteiger partial charge < -0.3 is 14.5 Å². The first kappa shape index (κ1) is 17.8. The predicted octanol–water partition coefficient (Wildman–Crippen LogP) is 1.97. The molecular formula is C19H20FN3O3. The number of carbonyl (C=O) groups excluding carboxylic acids is 2. The summed E-state index contributed by atoms with van der Waals surface area (Å²) in [6.45, 7) is 1.85. The van der Waals surface area contributed by atoms with Crippen LogP contribution in [0.25, 0.3) is 0 Å². The van der Waals surface area contributed by atoms with Gasteiger partial charge in [-0.25, -0.2) is 4.39 Å². The van der Waals surface area contributed by atoms with E-state index in [1.54, 1.807) is 40.3 Å². The molecule has 0 radical (unpaired) electrons. The number of nitrogens with zero attached hydrogens (tertiary/aromatic N) is 3. The molecule has 0 unspecified atom stereocenters. The highest BCUT2D eigenvalue weighted by Crippen LogP contribution is 2.13. The summed E-state index contributed by atoms with van der Waals surface area (Å²) >= 11 is 0. The molecule has 1 aromatic heterocycles. The SMILES string of the molecule is O=C(COc1cccc(F)c1)N1CCCN(C(=O)c2ccccn2)CC1. The maximum Gasteiger partial charge on any atom is 0.272 e. The summed E-state index contributed by atoms with van der Waals surface area (Å²) in [5.74, 6) is -0.397. The predicted molar refractivity (Wildman–Crippen MR) is 93.2 cm³/mol. The van der Waals surface area contributed by atoms with Crippen molar-refractivity contribution in [1.82, 2.24) is 14.8 Å². The molecule has 2 aromatic rings. The first-order valence-electron chi connectivity index (χ1n) is 8.50. The van der Waals surface area contributed by atoms with Crippen molar-refractivity contribution in [2.45, 2.75) is 6.42 Å². The lowest BCUT2D eigenvalue weighted by Crippen LogP contribution is -2.39. The first-order chi connectivity index (χ1) is 12.6. The third kappa shape index (κ3) is 4.56. The van der Waals surface area contributed by atoms with Crippen LogP contribution in [-0.2, 0) is 4.79 Å². The van der Waals surface area contributed by atoms with Gasteiger partial charge in [0, 0.05) is 38.4 Å². The Morgan fingerprint density at radius 3 is 2.62 bits per heavy atom. The van der Waals surface area contributed by atoms with Crippen molar-refractivity contribution in [2.75, 3.05) is 32.8 Å². The number of ether oxygens (including phenoxy) is 1. The number of benzene rings is 1. The Labute approximate surface area is 151 Å². The van der Waals surface area contributed by atoms with E-state index in [4.69, 9.17) is 4.74 Å². The Morgan fingerprint density at radius 1 is 1.04 bits per heavy atom. The highest BCUT2D eigenvalue weighted by Gasteiger charge is 2.23. The van der Waals surface area contributed by atoms with E-state index in [9.17, 15) is 14.0 Å². The normalized spacial score (nSPS) is 14.7. The van der Waals surface area contributed by atoms with Crippen LogP contribution >= 0.6 is 0 Å². The van der Waals surface area contributed by atoms with E-state index in [2.05, 4.69) is 4.98 Å². The van der Waals surface area contributed by atoms with Gasteiger partial charge in [0.2, 0.25) is 0 Å². The number of hydrogen-bond acceptors (Lipinski definition) is 4. The molecule has 1 fully saturated rings. The van der Waals surface area contributed by atoms with Crippen LogP contribution in [-0.4, -0.2) is 59.4 Å². The standard InChI is InChI=1S/C19H20FN3O3/c20-15-5-3-6-16(13-15)26-14-18(24)22-9-4-10-23(12-11-22)19(25)17-7-1-2-8-21-17/h1-3,5-8,13H,4,9-12,14H2. The van der Waals surface area contributed by atoms with E-state index in [-0.39, 0.29) is 18.4 Å². The second kappa shape index (κ2) is 8.42. The molecule has 3 rings (SSSR count). The average molecular weight is 357 g/mol. The van der Waals surface area contributed by atoms with Crippen LogP contribution in [0.5, 0.6) is 5.75 Å². The van der Waals surface area contributed by atoms with Gasteiger partial charge in [0.25, 0.3) is 11.8 Å². The smallest absolute Gasteiger partial charge is 0.272 e. The van der Waals surface area contributed by atoms with Crippen LogP contribution < -0.4 is 4.74 Å². The molecule has 2 amide bonds. The monoisotopic (exact) mass is 357 g/mol. The van der Waals surface area contributed by atoms with Gasteiger partial charge in [-0.05, 0) is 30.7 Å². The van der Waals surface area contributed by atoms with Crippen molar-refractivity contribution in [3.8, 4) is 5.75 Å². The zero-order valence-corrected chi connectivity index (χ0v) is 14.3. The first-order valence-corrected chi connectivity index (χ1v) is 8.50. The lowest BCUT2D eigenvalue weighted by atomic mass is 10.3. The lowest BCUT2D eigenvalue weighted by molar-refractivity contribution is -0.133. The van der Waals surface area contributed by atoms with Crippen LogP contribution in [0.3, 0.4) is 0 Å². The molecular weight excluding hydrogens is 337 g/mol. The van der Waals surface area contributed by atoms with E-state index in [0.717, 1.165) is 0 Å². The number of pyridine rings is 1. The zero-order chi connectivity index (χ0) is 18.4. The fourth-order valence-electron chi connectivity index (χ4n) is 2.81.